The second-order valence-corrected chi connectivity index (χ2v) is 5.46. The van der Waals surface area contributed by atoms with E-state index in [9.17, 15) is 0 Å². The summed E-state index contributed by atoms with van der Waals surface area (Å²) in [4.78, 5) is 0. The number of hydrogen-bond acceptors (Lipinski definition) is 2. The lowest BCUT2D eigenvalue weighted by Gasteiger charge is -2.26. The first kappa shape index (κ1) is 15.6. The molecule has 2 rings (SSSR count). The highest BCUT2D eigenvalue weighted by Gasteiger charge is 2.20. The maximum absolute atomic E-state index is 5.36. The van der Waals surface area contributed by atoms with Crippen LogP contribution in [0.4, 0.5) is 0 Å². The Morgan fingerprint density at radius 1 is 1.05 bits per heavy atom. The molecular formula is C19H25NO. The second-order valence-electron chi connectivity index (χ2n) is 5.46. The van der Waals surface area contributed by atoms with Crippen molar-refractivity contribution < 1.29 is 4.74 Å². The third kappa shape index (κ3) is 3.64. The predicted molar refractivity (Wildman–Crippen MR) is 89.0 cm³/mol. The lowest BCUT2D eigenvalue weighted by atomic mass is 9.88. The van der Waals surface area contributed by atoms with Gasteiger partial charge in [0.15, 0.2) is 0 Å². The quantitative estimate of drug-likeness (QED) is 0.845. The van der Waals surface area contributed by atoms with Crippen LogP contribution < -0.4 is 10.1 Å². The zero-order chi connectivity index (χ0) is 15.2. The van der Waals surface area contributed by atoms with Gasteiger partial charge in [0.05, 0.1) is 7.11 Å². The van der Waals surface area contributed by atoms with Crippen molar-refractivity contribution in [1.29, 1.82) is 0 Å². The maximum atomic E-state index is 5.36. The summed E-state index contributed by atoms with van der Waals surface area (Å²) in [5, 5.41) is 3.62. The van der Waals surface area contributed by atoms with E-state index in [1.54, 1.807) is 7.11 Å². The van der Waals surface area contributed by atoms with Crippen molar-refractivity contribution in [3.05, 3.63) is 65.2 Å². The molecule has 2 aromatic carbocycles. The van der Waals surface area contributed by atoms with Gasteiger partial charge in [0.1, 0.15) is 5.75 Å². The molecular weight excluding hydrogens is 258 g/mol. The third-order valence-electron chi connectivity index (χ3n) is 4.03. The van der Waals surface area contributed by atoms with Gasteiger partial charge in [-0.05, 0) is 36.2 Å². The molecule has 0 aromatic heterocycles. The Morgan fingerprint density at radius 3 is 2.33 bits per heavy atom. The zero-order valence-electron chi connectivity index (χ0n) is 13.4. The summed E-state index contributed by atoms with van der Waals surface area (Å²) < 4.78 is 5.36. The van der Waals surface area contributed by atoms with Crippen molar-refractivity contribution >= 4 is 0 Å². The van der Waals surface area contributed by atoms with E-state index in [4.69, 9.17) is 4.74 Å². The summed E-state index contributed by atoms with van der Waals surface area (Å²) in [6, 6.07) is 17.4. The average Bonchev–Trinajstić information content (AvgIpc) is 2.52. The molecule has 0 heterocycles. The Bertz CT molecular complexity index is 565. The van der Waals surface area contributed by atoms with Crippen molar-refractivity contribution in [3.8, 4) is 5.75 Å². The fraction of sp³-hybridized carbons (Fsp3) is 0.368. The van der Waals surface area contributed by atoms with Gasteiger partial charge in [-0.25, -0.2) is 0 Å². The molecule has 112 valence electrons. The molecule has 2 atom stereocenters. The average molecular weight is 283 g/mol. The van der Waals surface area contributed by atoms with Crippen LogP contribution in [0.2, 0.25) is 0 Å². The van der Waals surface area contributed by atoms with E-state index in [1.165, 1.54) is 16.7 Å². The molecule has 0 spiro atoms. The van der Waals surface area contributed by atoms with E-state index >= 15 is 0 Å². The van der Waals surface area contributed by atoms with Crippen LogP contribution in [0.1, 0.15) is 42.5 Å². The van der Waals surface area contributed by atoms with Crippen LogP contribution >= 0.6 is 0 Å². The minimum Gasteiger partial charge on any atom is -0.496 e. The molecule has 2 nitrogen and oxygen atoms in total. The van der Waals surface area contributed by atoms with Crippen LogP contribution in [0.15, 0.2) is 48.5 Å². The molecule has 2 unspecified atom stereocenters. The lowest BCUT2D eigenvalue weighted by Crippen LogP contribution is -2.25. The van der Waals surface area contributed by atoms with Crippen molar-refractivity contribution in [2.45, 2.75) is 32.7 Å². The van der Waals surface area contributed by atoms with Gasteiger partial charge >= 0.3 is 0 Å². The topological polar surface area (TPSA) is 21.3 Å². The van der Waals surface area contributed by atoms with E-state index in [-0.39, 0.29) is 0 Å². The molecule has 0 fully saturated rings. The SMILES string of the molecule is CCNC(c1ccc(OC)c(C)c1)C(C)c1ccccc1. The molecule has 0 radical (unpaired) electrons. The number of aryl methyl sites for hydroxylation is 1. The first-order chi connectivity index (χ1) is 10.2. The Hall–Kier alpha value is -1.80. The number of benzene rings is 2. The molecule has 0 saturated carbocycles. The summed E-state index contributed by atoms with van der Waals surface area (Å²) in [5.74, 6) is 1.36. The standard InChI is InChI=1S/C19H25NO/c1-5-20-19(15(3)16-9-7-6-8-10-16)17-11-12-18(21-4)14(2)13-17/h6-13,15,19-20H,5H2,1-4H3. The Balaban J connectivity index is 2.32. The van der Waals surface area contributed by atoms with Crippen molar-refractivity contribution in [1.82, 2.24) is 5.32 Å². The zero-order valence-corrected chi connectivity index (χ0v) is 13.4. The molecule has 0 aliphatic carbocycles. The number of likely N-dealkylation sites (N-methyl/N-ethyl adjacent to an activating group) is 1. The van der Waals surface area contributed by atoms with Gasteiger partial charge in [0, 0.05) is 12.0 Å². The molecule has 0 bridgehead atoms. The number of hydrogen-bond donors (Lipinski definition) is 1. The number of ether oxygens (including phenoxy) is 1. The summed E-state index contributed by atoms with van der Waals surface area (Å²) in [6.07, 6.45) is 0. The highest BCUT2D eigenvalue weighted by atomic mass is 16.5. The highest BCUT2D eigenvalue weighted by molar-refractivity contribution is 5.38. The van der Waals surface area contributed by atoms with Crippen molar-refractivity contribution in [2.24, 2.45) is 0 Å². The Labute approximate surface area is 128 Å². The van der Waals surface area contributed by atoms with Gasteiger partial charge in [0.25, 0.3) is 0 Å². The van der Waals surface area contributed by atoms with Gasteiger partial charge in [-0.3, -0.25) is 0 Å². The summed E-state index contributed by atoms with van der Waals surface area (Å²) in [7, 11) is 1.72. The van der Waals surface area contributed by atoms with Crippen LogP contribution in [0.25, 0.3) is 0 Å². The van der Waals surface area contributed by atoms with E-state index in [0.717, 1.165) is 12.3 Å². The predicted octanol–water partition coefficient (Wildman–Crippen LogP) is 4.46. The molecule has 2 heteroatoms. The van der Waals surface area contributed by atoms with Gasteiger partial charge in [-0.1, -0.05) is 56.3 Å². The van der Waals surface area contributed by atoms with Gasteiger partial charge in [-0.15, -0.1) is 0 Å². The molecule has 1 N–H and O–H groups in total. The van der Waals surface area contributed by atoms with Gasteiger partial charge in [-0.2, -0.15) is 0 Å². The largest absolute Gasteiger partial charge is 0.496 e. The van der Waals surface area contributed by atoms with E-state index < -0.39 is 0 Å². The lowest BCUT2D eigenvalue weighted by molar-refractivity contribution is 0.410. The van der Waals surface area contributed by atoms with E-state index in [2.05, 4.69) is 74.6 Å². The molecule has 2 aromatic rings. The van der Waals surface area contributed by atoms with Crippen LogP contribution in [0, 0.1) is 6.92 Å². The first-order valence-corrected chi connectivity index (χ1v) is 7.60. The monoisotopic (exact) mass is 283 g/mol. The van der Waals surface area contributed by atoms with Crippen LogP contribution in [-0.2, 0) is 0 Å². The second kappa shape index (κ2) is 7.28. The number of nitrogens with one attached hydrogen (secondary N) is 1. The van der Waals surface area contributed by atoms with Crippen LogP contribution in [0.5, 0.6) is 5.75 Å². The van der Waals surface area contributed by atoms with Gasteiger partial charge < -0.3 is 10.1 Å². The van der Waals surface area contributed by atoms with Crippen LogP contribution in [-0.4, -0.2) is 13.7 Å². The molecule has 0 aliphatic heterocycles. The molecule has 0 saturated heterocycles. The van der Waals surface area contributed by atoms with E-state index in [1.807, 2.05) is 0 Å². The number of rotatable bonds is 6. The normalized spacial score (nSPS) is 13.7. The summed E-state index contributed by atoms with van der Waals surface area (Å²) in [6.45, 7) is 7.48. The van der Waals surface area contributed by atoms with Gasteiger partial charge in [0.2, 0.25) is 0 Å². The van der Waals surface area contributed by atoms with E-state index in [0.29, 0.717) is 12.0 Å². The van der Waals surface area contributed by atoms with Crippen LogP contribution in [0.3, 0.4) is 0 Å². The molecule has 0 amide bonds. The summed E-state index contributed by atoms with van der Waals surface area (Å²) >= 11 is 0. The minimum atomic E-state index is 0.307. The van der Waals surface area contributed by atoms with Crippen molar-refractivity contribution in [2.75, 3.05) is 13.7 Å². The fourth-order valence-electron chi connectivity index (χ4n) is 2.85. The maximum Gasteiger partial charge on any atom is 0.121 e. The highest BCUT2D eigenvalue weighted by Crippen LogP contribution is 2.32. The summed E-state index contributed by atoms with van der Waals surface area (Å²) in [5.41, 5.74) is 3.85. The first-order valence-electron chi connectivity index (χ1n) is 7.60. The van der Waals surface area contributed by atoms with Crippen molar-refractivity contribution in [3.63, 3.8) is 0 Å². The fourth-order valence-corrected chi connectivity index (χ4v) is 2.85. The smallest absolute Gasteiger partial charge is 0.121 e. The molecule has 21 heavy (non-hydrogen) atoms. The Morgan fingerprint density at radius 2 is 1.76 bits per heavy atom. The Kier molecular flexibility index (Phi) is 5.40. The minimum absolute atomic E-state index is 0.307. The number of methoxy groups -OCH3 is 1. The third-order valence-corrected chi connectivity index (χ3v) is 4.03. The molecule has 0 aliphatic rings.